The highest BCUT2D eigenvalue weighted by Gasteiger charge is 2.39. The van der Waals surface area contributed by atoms with Crippen LogP contribution in [0.15, 0.2) is 17.0 Å². The molecule has 2 rings (SSSR count). The molecule has 0 aromatic heterocycles. The second-order valence-corrected chi connectivity index (χ2v) is 7.25. The molecular weight excluding hydrogens is 300 g/mol. The van der Waals surface area contributed by atoms with Crippen LogP contribution in [-0.2, 0) is 9.05 Å². The first-order chi connectivity index (χ1) is 8.62. The van der Waals surface area contributed by atoms with Gasteiger partial charge in [-0.2, -0.15) is 0 Å². The summed E-state index contributed by atoms with van der Waals surface area (Å²) in [4.78, 5) is 10.9. The molecule has 104 valence electrons. The van der Waals surface area contributed by atoms with E-state index in [1.807, 2.05) is 0 Å². The summed E-state index contributed by atoms with van der Waals surface area (Å²) in [6, 6.07) is 0.938. The first-order valence-electron chi connectivity index (χ1n) is 5.39. The van der Waals surface area contributed by atoms with E-state index >= 15 is 0 Å². The Balaban J connectivity index is 2.43. The van der Waals surface area contributed by atoms with Gasteiger partial charge in [0.05, 0.1) is 5.56 Å². The van der Waals surface area contributed by atoms with E-state index in [-0.39, 0.29) is 0 Å². The van der Waals surface area contributed by atoms with Gasteiger partial charge < -0.3 is 5.32 Å². The van der Waals surface area contributed by atoms with E-state index in [1.165, 1.54) is 0 Å². The Hall–Kier alpha value is -1.21. The number of rotatable bonds is 3. The van der Waals surface area contributed by atoms with Crippen LogP contribution in [-0.4, -0.2) is 19.9 Å². The number of hydrogen-bond acceptors (Lipinski definition) is 3. The molecule has 8 heteroatoms. The van der Waals surface area contributed by atoms with Crippen molar-refractivity contribution in [3.63, 3.8) is 0 Å². The van der Waals surface area contributed by atoms with Gasteiger partial charge in [-0.3, -0.25) is 4.79 Å². The van der Waals surface area contributed by atoms with Crippen LogP contribution in [0.4, 0.5) is 8.78 Å². The average Bonchev–Trinajstić information content (AvgIpc) is 2.93. The number of carbonyl (C=O) groups excluding carboxylic acids is 1. The number of nitrogens with one attached hydrogen (secondary N) is 1. The normalized spacial score (nSPS) is 17.1. The van der Waals surface area contributed by atoms with Gasteiger partial charge in [0.25, 0.3) is 15.0 Å². The van der Waals surface area contributed by atoms with E-state index in [0.717, 1.165) is 12.8 Å². The van der Waals surface area contributed by atoms with Crippen LogP contribution in [0.2, 0.25) is 0 Å². The molecule has 1 amide bonds. The molecule has 1 aliphatic carbocycles. The molecule has 1 aliphatic rings. The molecule has 1 saturated carbocycles. The summed E-state index contributed by atoms with van der Waals surface area (Å²) in [6.07, 6.45) is 1.50. The predicted octanol–water partition coefficient (Wildman–Crippen LogP) is 2.17. The van der Waals surface area contributed by atoms with E-state index in [2.05, 4.69) is 5.32 Å². The third-order valence-corrected chi connectivity index (χ3v) is 4.28. The topological polar surface area (TPSA) is 63.2 Å². The highest BCUT2D eigenvalue weighted by atomic mass is 35.7. The van der Waals surface area contributed by atoms with Crippen LogP contribution in [0, 0.1) is 11.6 Å². The van der Waals surface area contributed by atoms with Crippen molar-refractivity contribution in [3.05, 3.63) is 29.3 Å². The van der Waals surface area contributed by atoms with E-state index < -0.39 is 42.6 Å². The number of hydrogen-bond donors (Lipinski definition) is 1. The maximum absolute atomic E-state index is 13.5. The quantitative estimate of drug-likeness (QED) is 0.870. The molecular formula is C11H10ClF2NO3S. The Morgan fingerprint density at radius 2 is 1.89 bits per heavy atom. The summed E-state index contributed by atoms with van der Waals surface area (Å²) in [7, 11) is 0.633. The second kappa shape index (κ2) is 4.42. The van der Waals surface area contributed by atoms with Gasteiger partial charge >= 0.3 is 0 Å². The summed E-state index contributed by atoms with van der Waals surface area (Å²) in [6.45, 7) is 1.77. The lowest BCUT2D eigenvalue weighted by molar-refractivity contribution is 0.0931. The zero-order chi connectivity index (χ0) is 14.4. The monoisotopic (exact) mass is 309 g/mol. The minimum Gasteiger partial charge on any atom is -0.347 e. The van der Waals surface area contributed by atoms with Gasteiger partial charge in [-0.1, -0.05) is 0 Å². The Kier molecular flexibility index (Phi) is 3.30. The van der Waals surface area contributed by atoms with Crippen LogP contribution >= 0.6 is 10.7 Å². The lowest BCUT2D eigenvalue weighted by atomic mass is 10.1. The van der Waals surface area contributed by atoms with Gasteiger partial charge in [-0.15, -0.1) is 0 Å². The maximum Gasteiger partial charge on any atom is 0.264 e. The fourth-order valence-electron chi connectivity index (χ4n) is 1.54. The molecule has 1 aromatic rings. The Labute approximate surface area is 113 Å². The lowest BCUT2D eigenvalue weighted by Crippen LogP contribution is -2.34. The molecule has 0 radical (unpaired) electrons. The Bertz CT molecular complexity index is 656. The lowest BCUT2D eigenvalue weighted by Gasteiger charge is -2.12. The van der Waals surface area contributed by atoms with Crippen molar-refractivity contribution in [2.24, 2.45) is 0 Å². The molecule has 1 N–H and O–H groups in total. The van der Waals surface area contributed by atoms with Gasteiger partial charge in [-0.05, 0) is 25.8 Å². The van der Waals surface area contributed by atoms with Crippen molar-refractivity contribution in [3.8, 4) is 0 Å². The molecule has 1 fully saturated rings. The van der Waals surface area contributed by atoms with Crippen LogP contribution < -0.4 is 5.32 Å². The molecule has 0 aliphatic heterocycles. The Morgan fingerprint density at radius 3 is 2.37 bits per heavy atom. The number of halogens is 3. The average molecular weight is 310 g/mol. The van der Waals surface area contributed by atoms with Crippen LogP contribution in [0.5, 0.6) is 0 Å². The molecule has 19 heavy (non-hydrogen) atoms. The molecule has 0 atom stereocenters. The van der Waals surface area contributed by atoms with Crippen molar-refractivity contribution in [2.75, 3.05) is 0 Å². The van der Waals surface area contributed by atoms with Gasteiger partial charge in [-0.25, -0.2) is 17.2 Å². The van der Waals surface area contributed by atoms with Crippen LogP contribution in [0.25, 0.3) is 0 Å². The predicted molar refractivity (Wildman–Crippen MR) is 64.5 cm³/mol. The van der Waals surface area contributed by atoms with Gasteiger partial charge in [0.15, 0.2) is 0 Å². The molecule has 1 aromatic carbocycles. The van der Waals surface area contributed by atoms with Crippen molar-refractivity contribution >= 4 is 25.6 Å². The fourth-order valence-corrected chi connectivity index (χ4v) is 2.45. The van der Waals surface area contributed by atoms with Crippen LogP contribution in [0.3, 0.4) is 0 Å². The van der Waals surface area contributed by atoms with Crippen molar-refractivity contribution in [1.29, 1.82) is 0 Å². The standard InChI is InChI=1S/C11H10ClF2NO3S/c1-11(2-3-11)15-10(16)6-4-9(19(12,17)18)8(14)5-7(6)13/h4-5H,2-3H2,1H3,(H,15,16). The SMILES string of the molecule is CC1(NC(=O)c2cc(S(=O)(=O)Cl)c(F)cc2F)CC1. The number of benzene rings is 1. The van der Waals surface area contributed by atoms with E-state index in [9.17, 15) is 22.0 Å². The summed E-state index contributed by atoms with van der Waals surface area (Å²) in [5.41, 5.74) is -0.952. The third kappa shape index (κ3) is 3.03. The zero-order valence-electron chi connectivity index (χ0n) is 9.84. The summed E-state index contributed by atoms with van der Waals surface area (Å²) in [5, 5.41) is 2.55. The third-order valence-electron chi connectivity index (χ3n) is 2.94. The summed E-state index contributed by atoms with van der Waals surface area (Å²) < 4.78 is 49.0. The minimum absolute atomic E-state index is 0.333. The highest BCUT2D eigenvalue weighted by molar-refractivity contribution is 8.13. The smallest absolute Gasteiger partial charge is 0.264 e. The molecule has 0 heterocycles. The minimum atomic E-state index is -4.38. The van der Waals surface area contributed by atoms with E-state index in [0.29, 0.717) is 12.1 Å². The van der Waals surface area contributed by atoms with Crippen LogP contribution in [0.1, 0.15) is 30.1 Å². The van der Waals surface area contributed by atoms with Gasteiger partial charge in [0.2, 0.25) is 0 Å². The zero-order valence-corrected chi connectivity index (χ0v) is 11.4. The molecule has 0 spiro atoms. The molecule has 0 bridgehead atoms. The largest absolute Gasteiger partial charge is 0.347 e. The summed E-state index contributed by atoms with van der Waals surface area (Å²) >= 11 is 0. The van der Waals surface area contributed by atoms with Crippen molar-refractivity contribution in [1.82, 2.24) is 5.32 Å². The second-order valence-electron chi connectivity index (χ2n) is 4.72. The van der Waals surface area contributed by atoms with Crippen molar-refractivity contribution < 1.29 is 22.0 Å². The first-order valence-corrected chi connectivity index (χ1v) is 7.69. The highest BCUT2D eigenvalue weighted by Crippen LogP contribution is 2.34. The Morgan fingerprint density at radius 1 is 1.32 bits per heavy atom. The van der Waals surface area contributed by atoms with E-state index in [4.69, 9.17) is 10.7 Å². The molecule has 0 unspecified atom stereocenters. The van der Waals surface area contributed by atoms with Gasteiger partial charge in [0.1, 0.15) is 16.5 Å². The number of carbonyl (C=O) groups is 1. The van der Waals surface area contributed by atoms with Gasteiger partial charge in [0, 0.05) is 22.3 Å². The summed E-state index contributed by atoms with van der Waals surface area (Å²) in [5.74, 6) is -3.26. The molecule has 4 nitrogen and oxygen atoms in total. The fraction of sp³-hybridized carbons (Fsp3) is 0.364. The van der Waals surface area contributed by atoms with Crippen molar-refractivity contribution in [2.45, 2.75) is 30.2 Å². The van der Waals surface area contributed by atoms with E-state index in [1.54, 1.807) is 6.92 Å². The number of amides is 1. The first kappa shape index (κ1) is 14.2. The maximum atomic E-state index is 13.5. The molecule has 0 saturated heterocycles.